The number of hydrogen-bond acceptors (Lipinski definition) is 4. The molecule has 2 aromatic rings. The molecule has 1 aliphatic heterocycles. The van der Waals surface area contributed by atoms with Crippen LogP contribution >= 0.6 is 0 Å². The highest BCUT2D eigenvalue weighted by Gasteiger charge is 2.28. The maximum atomic E-state index is 11.9. The zero-order valence-electron chi connectivity index (χ0n) is 12.7. The number of amides is 1. The number of carbonyl (C=O) groups is 2. The molecule has 0 bridgehead atoms. The van der Waals surface area contributed by atoms with Crippen LogP contribution < -0.4 is 5.32 Å². The van der Waals surface area contributed by atoms with Gasteiger partial charge in [0, 0.05) is 43.5 Å². The van der Waals surface area contributed by atoms with Gasteiger partial charge in [0.05, 0.1) is 16.1 Å². The van der Waals surface area contributed by atoms with Gasteiger partial charge in [-0.3, -0.25) is 14.9 Å². The number of non-ortho nitro benzene ring substituents is 1. The zero-order chi connectivity index (χ0) is 17.3. The molecular weight excluding hydrogens is 314 g/mol. The lowest BCUT2D eigenvalue weighted by Crippen LogP contribution is -2.33. The molecule has 0 fully saturated rings. The first-order chi connectivity index (χ1) is 11.5. The molecule has 0 spiro atoms. The van der Waals surface area contributed by atoms with Crippen molar-refractivity contribution in [2.24, 2.45) is 0 Å². The van der Waals surface area contributed by atoms with Crippen LogP contribution in [0.4, 0.5) is 5.69 Å². The van der Waals surface area contributed by atoms with Crippen molar-refractivity contribution in [1.29, 1.82) is 0 Å². The number of aromatic nitrogens is 1. The molecule has 1 aliphatic rings. The minimum absolute atomic E-state index is 0.00546. The van der Waals surface area contributed by atoms with Crippen molar-refractivity contribution in [3.63, 3.8) is 0 Å². The SMILES string of the molecule is O=C(O)c1cn(CCc2ccc([N+](=O)[O-])cc2)c2c1C(=O)NCC2. The number of hydrogen-bond donors (Lipinski definition) is 2. The Labute approximate surface area is 136 Å². The van der Waals surface area contributed by atoms with E-state index in [0.29, 0.717) is 25.9 Å². The summed E-state index contributed by atoms with van der Waals surface area (Å²) in [6, 6.07) is 6.24. The summed E-state index contributed by atoms with van der Waals surface area (Å²) < 4.78 is 1.79. The second-order valence-electron chi connectivity index (χ2n) is 5.54. The Morgan fingerprint density at radius 1 is 1.33 bits per heavy atom. The van der Waals surface area contributed by atoms with Gasteiger partial charge >= 0.3 is 5.97 Å². The van der Waals surface area contributed by atoms with Crippen LogP contribution in [0.15, 0.2) is 30.5 Å². The molecule has 1 aromatic heterocycles. The van der Waals surface area contributed by atoms with Gasteiger partial charge in [-0.2, -0.15) is 0 Å². The van der Waals surface area contributed by atoms with Crippen molar-refractivity contribution in [1.82, 2.24) is 9.88 Å². The third-order valence-corrected chi connectivity index (χ3v) is 4.08. The van der Waals surface area contributed by atoms with Crippen LogP contribution in [-0.4, -0.2) is 33.0 Å². The maximum Gasteiger partial charge on any atom is 0.338 e. The summed E-state index contributed by atoms with van der Waals surface area (Å²) in [7, 11) is 0. The van der Waals surface area contributed by atoms with Gasteiger partial charge < -0.3 is 15.0 Å². The predicted octanol–water partition coefficient (Wildman–Crippen LogP) is 1.62. The van der Waals surface area contributed by atoms with Crippen LogP contribution in [0.5, 0.6) is 0 Å². The number of nitro groups is 1. The van der Waals surface area contributed by atoms with Gasteiger partial charge in [0.25, 0.3) is 11.6 Å². The summed E-state index contributed by atoms with van der Waals surface area (Å²) in [5.74, 6) is -1.49. The van der Waals surface area contributed by atoms with Gasteiger partial charge in [-0.05, 0) is 12.0 Å². The number of carboxylic acids is 1. The summed E-state index contributed by atoms with van der Waals surface area (Å²) in [6.45, 7) is 0.979. The molecule has 2 N–H and O–H groups in total. The van der Waals surface area contributed by atoms with Crippen LogP contribution in [0.3, 0.4) is 0 Å². The Morgan fingerprint density at radius 2 is 2.04 bits per heavy atom. The fourth-order valence-electron chi connectivity index (χ4n) is 2.90. The monoisotopic (exact) mass is 329 g/mol. The maximum absolute atomic E-state index is 11.9. The highest BCUT2D eigenvalue weighted by atomic mass is 16.6. The number of nitrogens with one attached hydrogen (secondary N) is 1. The molecule has 0 saturated heterocycles. The van der Waals surface area contributed by atoms with Crippen LogP contribution in [-0.2, 0) is 19.4 Å². The molecule has 2 heterocycles. The summed E-state index contributed by atoms with van der Waals surface area (Å²) in [4.78, 5) is 33.5. The number of nitrogens with zero attached hydrogens (tertiary/aromatic N) is 2. The van der Waals surface area contributed by atoms with Crippen LogP contribution in [0, 0.1) is 10.1 Å². The predicted molar refractivity (Wildman–Crippen MR) is 84.2 cm³/mol. The van der Waals surface area contributed by atoms with E-state index in [-0.39, 0.29) is 22.7 Å². The van der Waals surface area contributed by atoms with Crippen LogP contribution in [0.2, 0.25) is 0 Å². The van der Waals surface area contributed by atoms with Crippen molar-refractivity contribution in [2.75, 3.05) is 6.54 Å². The lowest BCUT2D eigenvalue weighted by atomic mass is 10.0. The van der Waals surface area contributed by atoms with Gasteiger partial charge in [0.15, 0.2) is 0 Å². The number of nitro benzene ring substituents is 1. The molecular formula is C16H15N3O5. The van der Waals surface area contributed by atoms with Crippen molar-refractivity contribution < 1.29 is 19.6 Å². The van der Waals surface area contributed by atoms with E-state index in [1.807, 2.05) is 0 Å². The molecule has 124 valence electrons. The molecule has 0 unspecified atom stereocenters. The van der Waals surface area contributed by atoms with Gasteiger partial charge in [-0.15, -0.1) is 0 Å². The lowest BCUT2D eigenvalue weighted by molar-refractivity contribution is -0.384. The summed E-state index contributed by atoms with van der Waals surface area (Å²) in [5.41, 5.74) is 1.89. The minimum atomic E-state index is -1.13. The molecule has 8 heteroatoms. The molecule has 0 saturated carbocycles. The van der Waals surface area contributed by atoms with Crippen molar-refractivity contribution in [3.05, 3.63) is 63.0 Å². The first kappa shape index (κ1) is 15.7. The van der Waals surface area contributed by atoms with E-state index in [2.05, 4.69) is 5.32 Å². The van der Waals surface area contributed by atoms with E-state index in [0.717, 1.165) is 11.3 Å². The molecule has 1 amide bonds. The van der Waals surface area contributed by atoms with Crippen molar-refractivity contribution in [3.8, 4) is 0 Å². The Hall–Kier alpha value is -3.16. The molecule has 24 heavy (non-hydrogen) atoms. The van der Waals surface area contributed by atoms with E-state index < -0.39 is 10.9 Å². The number of carboxylic acid groups (broad SMARTS) is 1. The minimum Gasteiger partial charge on any atom is -0.478 e. The number of aromatic carboxylic acids is 1. The fraction of sp³-hybridized carbons (Fsp3) is 0.250. The third kappa shape index (κ3) is 2.85. The summed E-state index contributed by atoms with van der Waals surface area (Å²) in [6.07, 6.45) is 2.65. The Kier molecular flexibility index (Phi) is 4.03. The van der Waals surface area contributed by atoms with E-state index in [9.17, 15) is 24.8 Å². The number of carbonyl (C=O) groups excluding carboxylic acids is 1. The second-order valence-corrected chi connectivity index (χ2v) is 5.54. The van der Waals surface area contributed by atoms with E-state index in [1.54, 1.807) is 16.7 Å². The quantitative estimate of drug-likeness (QED) is 0.639. The molecule has 8 nitrogen and oxygen atoms in total. The normalized spacial score (nSPS) is 13.2. The van der Waals surface area contributed by atoms with E-state index >= 15 is 0 Å². The molecule has 0 radical (unpaired) electrons. The first-order valence-electron chi connectivity index (χ1n) is 7.44. The molecule has 3 rings (SSSR count). The molecule has 0 atom stereocenters. The highest BCUT2D eigenvalue weighted by Crippen LogP contribution is 2.22. The smallest absolute Gasteiger partial charge is 0.338 e. The largest absolute Gasteiger partial charge is 0.478 e. The Morgan fingerprint density at radius 3 is 2.67 bits per heavy atom. The van der Waals surface area contributed by atoms with E-state index in [4.69, 9.17) is 0 Å². The number of fused-ring (bicyclic) bond motifs is 1. The third-order valence-electron chi connectivity index (χ3n) is 4.08. The average molecular weight is 329 g/mol. The van der Waals surface area contributed by atoms with Crippen molar-refractivity contribution >= 4 is 17.6 Å². The zero-order valence-corrected chi connectivity index (χ0v) is 12.7. The van der Waals surface area contributed by atoms with Gasteiger partial charge in [0.2, 0.25) is 0 Å². The highest BCUT2D eigenvalue weighted by molar-refractivity contribution is 6.06. The number of benzene rings is 1. The van der Waals surface area contributed by atoms with Gasteiger partial charge in [-0.25, -0.2) is 4.79 Å². The van der Waals surface area contributed by atoms with Crippen LogP contribution in [0.1, 0.15) is 32.0 Å². The standard InChI is InChI=1S/C16H15N3O5/c20-15-14-12(16(21)22)9-18(13(14)5-7-17-15)8-6-10-1-3-11(4-2-10)19(23)24/h1-4,9H,5-8H2,(H,17,20)(H,21,22). The summed E-state index contributed by atoms with van der Waals surface area (Å²) in [5, 5.41) is 22.6. The van der Waals surface area contributed by atoms with Gasteiger partial charge in [-0.1, -0.05) is 12.1 Å². The molecule has 1 aromatic carbocycles. The topological polar surface area (TPSA) is 114 Å². The molecule has 0 aliphatic carbocycles. The van der Waals surface area contributed by atoms with Gasteiger partial charge in [0.1, 0.15) is 0 Å². The first-order valence-corrected chi connectivity index (χ1v) is 7.44. The number of rotatable bonds is 5. The number of aryl methyl sites for hydroxylation is 2. The fourth-order valence-corrected chi connectivity index (χ4v) is 2.90. The van der Waals surface area contributed by atoms with E-state index in [1.165, 1.54) is 18.3 Å². The van der Waals surface area contributed by atoms with Crippen LogP contribution in [0.25, 0.3) is 0 Å². The van der Waals surface area contributed by atoms with Crippen molar-refractivity contribution in [2.45, 2.75) is 19.4 Å². The lowest BCUT2D eigenvalue weighted by Gasteiger charge is -2.16. The Bertz CT molecular complexity index is 823. The Balaban J connectivity index is 1.83. The summed E-state index contributed by atoms with van der Waals surface area (Å²) >= 11 is 0. The second kappa shape index (κ2) is 6.15. The average Bonchev–Trinajstić information content (AvgIpc) is 2.94.